The lowest BCUT2D eigenvalue weighted by atomic mass is 9.91. The second kappa shape index (κ2) is 15.5. The van der Waals surface area contributed by atoms with Crippen molar-refractivity contribution in [3.63, 3.8) is 0 Å². The minimum Gasteiger partial charge on any atom is -0.466 e. The number of benzene rings is 1. The summed E-state index contributed by atoms with van der Waals surface area (Å²) in [6, 6.07) is 3.46. The smallest absolute Gasteiger partial charge is 0.408 e. The van der Waals surface area contributed by atoms with Crippen molar-refractivity contribution in [1.29, 1.82) is 0 Å². The number of carbonyl (C=O) groups excluding carboxylic acids is 4. The molecule has 0 spiro atoms. The number of esters is 1. The molecule has 0 aliphatic carbocycles. The quantitative estimate of drug-likeness (QED) is 0.337. The molecule has 4 unspecified atom stereocenters. The fourth-order valence-electron chi connectivity index (χ4n) is 4.18. The molecule has 0 aliphatic rings. The van der Waals surface area contributed by atoms with E-state index in [1.807, 2.05) is 59.7 Å². The Labute approximate surface area is 234 Å². The Morgan fingerprint density at radius 1 is 1.00 bits per heavy atom. The summed E-state index contributed by atoms with van der Waals surface area (Å²) in [6.07, 6.45) is 0.544. The summed E-state index contributed by atoms with van der Waals surface area (Å²) in [7, 11) is 0. The Balaban J connectivity index is 3.57. The number of nitrogens with zero attached hydrogens (tertiary/aromatic N) is 1. The molecule has 3 amide bonds. The van der Waals surface area contributed by atoms with Gasteiger partial charge in [0.1, 0.15) is 17.7 Å². The first-order valence-electron chi connectivity index (χ1n) is 14.0. The van der Waals surface area contributed by atoms with Crippen molar-refractivity contribution in [1.82, 2.24) is 15.5 Å². The summed E-state index contributed by atoms with van der Waals surface area (Å²) in [5.74, 6) is -1.39. The van der Waals surface area contributed by atoms with Gasteiger partial charge in [0.05, 0.1) is 13.0 Å². The molecular formula is C30H49N3O6. The first-order valence-corrected chi connectivity index (χ1v) is 14.0. The van der Waals surface area contributed by atoms with Crippen LogP contribution in [0.4, 0.5) is 4.79 Å². The van der Waals surface area contributed by atoms with Gasteiger partial charge in [-0.2, -0.15) is 0 Å². The van der Waals surface area contributed by atoms with Gasteiger partial charge in [0.2, 0.25) is 11.8 Å². The molecule has 9 heteroatoms. The Hall–Kier alpha value is -3.10. The monoisotopic (exact) mass is 547 g/mol. The van der Waals surface area contributed by atoms with Gasteiger partial charge in [0, 0.05) is 12.6 Å². The van der Waals surface area contributed by atoms with E-state index in [2.05, 4.69) is 10.6 Å². The molecular weight excluding hydrogens is 498 g/mol. The molecule has 0 aromatic heterocycles. The maximum Gasteiger partial charge on any atom is 0.408 e. The minimum absolute atomic E-state index is 0.0199. The summed E-state index contributed by atoms with van der Waals surface area (Å²) in [4.78, 5) is 54.4. The average Bonchev–Trinajstić information content (AvgIpc) is 2.85. The lowest BCUT2D eigenvalue weighted by molar-refractivity contribution is -0.146. The fourth-order valence-corrected chi connectivity index (χ4v) is 4.18. The Morgan fingerprint density at radius 3 is 2.18 bits per heavy atom. The zero-order valence-electron chi connectivity index (χ0n) is 25.5. The van der Waals surface area contributed by atoms with Gasteiger partial charge in [0.25, 0.3) is 0 Å². The average molecular weight is 548 g/mol. The normalized spacial score (nSPS) is 14.4. The van der Waals surface area contributed by atoms with Gasteiger partial charge < -0.3 is 25.0 Å². The number of carbonyl (C=O) groups is 4. The van der Waals surface area contributed by atoms with Crippen molar-refractivity contribution < 1.29 is 28.7 Å². The number of rotatable bonds is 13. The zero-order chi connectivity index (χ0) is 29.9. The number of amides is 3. The van der Waals surface area contributed by atoms with Crippen molar-refractivity contribution in [3.05, 3.63) is 34.9 Å². The highest BCUT2D eigenvalue weighted by Crippen LogP contribution is 2.30. The number of alkyl carbamates (subject to hydrolysis) is 1. The van der Waals surface area contributed by atoms with E-state index in [1.165, 1.54) is 0 Å². The van der Waals surface area contributed by atoms with Gasteiger partial charge in [-0.1, -0.05) is 45.4 Å². The zero-order valence-corrected chi connectivity index (χ0v) is 25.5. The summed E-state index contributed by atoms with van der Waals surface area (Å²) in [5, 5.41) is 5.62. The fraction of sp³-hybridized carbons (Fsp3) is 0.667. The van der Waals surface area contributed by atoms with E-state index in [-0.39, 0.29) is 37.4 Å². The first kappa shape index (κ1) is 33.9. The van der Waals surface area contributed by atoms with E-state index in [0.717, 1.165) is 11.1 Å². The summed E-state index contributed by atoms with van der Waals surface area (Å²) in [6.45, 7) is 18.9. The Morgan fingerprint density at radius 2 is 1.64 bits per heavy atom. The first-order chi connectivity index (χ1) is 18.2. The lowest BCUT2D eigenvalue weighted by Gasteiger charge is -2.40. The van der Waals surface area contributed by atoms with Gasteiger partial charge in [-0.25, -0.2) is 4.79 Å². The van der Waals surface area contributed by atoms with Crippen LogP contribution in [0, 0.1) is 19.8 Å². The van der Waals surface area contributed by atoms with Crippen LogP contribution >= 0.6 is 0 Å². The number of ether oxygens (including phenoxy) is 2. The molecule has 0 fully saturated rings. The molecule has 0 bridgehead atoms. The van der Waals surface area contributed by atoms with Crippen molar-refractivity contribution in [2.75, 3.05) is 13.2 Å². The van der Waals surface area contributed by atoms with Gasteiger partial charge >= 0.3 is 12.1 Å². The van der Waals surface area contributed by atoms with Crippen molar-refractivity contribution in [2.45, 2.75) is 112 Å². The Kier molecular flexibility index (Phi) is 13.5. The van der Waals surface area contributed by atoms with E-state index in [4.69, 9.17) is 9.47 Å². The molecule has 1 aromatic rings. The molecule has 9 nitrogen and oxygen atoms in total. The molecule has 4 atom stereocenters. The van der Waals surface area contributed by atoms with Crippen molar-refractivity contribution in [2.24, 2.45) is 5.92 Å². The third-order valence-corrected chi connectivity index (χ3v) is 6.87. The molecule has 1 rings (SSSR count). The maximum absolute atomic E-state index is 14.3. The topological polar surface area (TPSA) is 114 Å². The standard InChI is InChI=1S/C30H49N3O6/c1-11-19(4)25(32-29(37)39-30(8,9)10)28(36)33(21(6)12-2)26(23-16-14-15-20(5)22(23)7)27(35)31-18-17-24(34)38-13-3/h14-16,19,21,25-26H,11-13,17-18H2,1-10H3,(H,31,35)(H,32,37). The number of hydrogen-bond acceptors (Lipinski definition) is 6. The van der Waals surface area contributed by atoms with Crippen LogP contribution in [-0.4, -0.2) is 59.6 Å². The van der Waals surface area contributed by atoms with Crippen molar-refractivity contribution >= 4 is 23.9 Å². The molecule has 2 N–H and O–H groups in total. The lowest BCUT2D eigenvalue weighted by Crippen LogP contribution is -2.57. The second-order valence-electron chi connectivity index (χ2n) is 11.0. The van der Waals surface area contributed by atoms with Crippen LogP contribution in [0.2, 0.25) is 0 Å². The predicted octanol–water partition coefficient (Wildman–Crippen LogP) is 4.98. The van der Waals surface area contributed by atoms with Gasteiger partial charge in [-0.05, 0) is 77.5 Å². The molecule has 0 saturated heterocycles. The third-order valence-electron chi connectivity index (χ3n) is 6.87. The van der Waals surface area contributed by atoms with E-state index < -0.39 is 35.7 Å². The van der Waals surface area contributed by atoms with Crippen LogP contribution in [0.5, 0.6) is 0 Å². The summed E-state index contributed by atoms with van der Waals surface area (Å²) >= 11 is 0. The highest BCUT2D eigenvalue weighted by Gasteiger charge is 2.40. The van der Waals surface area contributed by atoms with Crippen LogP contribution in [0.1, 0.15) is 97.4 Å². The number of hydrogen-bond donors (Lipinski definition) is 2. The molecule has 220 valence electrons. The van der Waals surface area contributed by atoms with Crippen LogP contribution < -0.4 is 10.6 Å². The molecule has 0 aliphatic heterocycles. The molecule has 39 heavy (non-hydrogen) atoms. The number of aryl methyl sites for hydroxylation is 1. The van der Waals surface area contributed by atoms with Crippen molar-refractivity contribution in [3.8, 4) is 0 Å². The van der Waals surface area contributed by atoms with E-state index in [0.29, 0.717) is 18.4 Å². The maximum atomic E-state index is 14.3. The highest BCUT2D eigenvalue weighted by molar-refractivity contribution is 5.93. The van der Waals surface area contributed by atoms with E-state index in [1.54, 1.807) is 32.6 Å². The summed E-state index contributed by atoms with van der Waals surface area (Å²) in [5.41, 5.74) is 1.84. The SMILES string of the molecule is CCOC(=O)CCNC(=O)C(c1cccc(C)c1C)N(C(=O)C(NC(=O)OC(C)(C)C)C(C)CC)C(C)CC. The minimum atomic E-state index is -0.971. The van der Waals surface area contributed by atoms with Gasteiger partial charge in [-0.3, -0.25) is 14.4 Å². The molecule has 0 saturated carbocycles. The summed E-state index contributed by atoms with van der Waals surface area (Å²) < 4.78 is 10.4. The highest BCUT2D eigenvalue weighted by atomic mass is 16.6. The van der Waals surface area contributed by atoms with E-state index in [9.17, 15) is 19.2 Å². The Bertz CT molecular complexity index is 987. The largest absolute Gasteiger partial charge is 0.466 e. The van der Waals surface area contributed by atoms with Crippen LogP contribution in [0.3, 0.4) is 0 Å². The second-order valence-corrected chi connectivity index (χ2v) is 11.0. The molecule has 0 radical (unpaired) electrons. The molecule has 1 aromatic carbocycles. The predicted molar refractivity (Wildman–Crippen MR) is 152 cm³/mol. The van der Waals surface area contributed by atoms with Crippen LogP contribution in [-0.2, 0) is 23.9 Å². The van der Waals surface area contributed by atoms with Crippen LogP contribution in [0.25, 0.3) is 0 Å². The third kappa shape index (κ3) is 10.2. The number of nitrogens with one attached hydrogen (secondary N) is 2. The van der Waals surface area contributed by atoms with Gasteiger partial charge in [-0.15, -0.1) is 0 Å². The van der Waals surface area contributed by atoms with E-state index >= 15 is 0 Å². The van der Waals surface area contributed by atoms with Crippen LogP contribution in [0.15, 0.2) is 18.2 Å². The molecule has 0 heterocycles. The van der Waals surface area contributed by atoms with Gasteiger partial charge in [0.15, 0.2) is 0 Å².